The summed E-state index contributed by atoms with van der Waals surface area (Å²) >= 11 is 6.14. The molecule has 9 heteroatoms. The van der Waals surface area contributed by atoms with Crippen molar-refractivity contribution in [2.75, 3.05) is 32.1 Å². The Bertz CT molecular complexity index is 999. The predicted molar refractivity (Wildman–Crippen MR) is 118 cm³/mol. The van der Waals surface area contributed by atoms with Gasteiger partial charge in [-0.25, -0.2) is 4.98 Å². The molecule has 1 N–H and O–H groups in total. The van der Waals surface area contributed by atoms with Crippen LogP contribution in [0, 0.1) is 0 Å². The van der Waals surface area contributed by atoms with Crippen molar-refractivity contribution in [2.45, 2.75) is 32.2 Å². The van der Waals surface area contributed by atoms with Gasteiger partial charge in [0.15, 0.2) is 0 Å². The number of nitrogens with one attached hydrogen (secondary N) is 1. The van der Waals surface area contributed by atoms with Gasteiger partial charge < -0.3 is 19.5 Å². The largest absolute Gasteiger partial charge is 0.379 e. The second-order valence-electron chi connectivity index (χ2n) is 7.90. The summed E-state index contributed by atoms with van der Waals surface area (Å²) < 4.78 is 7.13. The van der Waals surface area contributed by atoms with Crippen molar-refractivity contribution < 1.29 is 14.3 Å². The maximum absolute atomic E-state index is 12.8. The lowest BCUT2D eigenvalue weighted by molar-refractivity contribution is -0.129. The van der Waals surface area contributed by atoms with E-state index in [0.29, 0.717) is 41.4 Å². The van der Waals surface area contributed by atoms with Gasteiger partial charge in [0.2, 0.25) is 5.91 Å². The Hall–Kier alpha value is -2.68. The predicted octanol–water partition coefficient (Wildman–Crippen LogP) is 2.41. The molecule has 3 heterocycles. The molecule has 1 fully saturated rings. The van der Waals surface area contributed by atoms with Crippen molar-refractivity contribution in [1.29, 1.82) is 0 Å². The van der Waals surface area contributed by atoms with E-state index in [1.165, 1.54) is 0 Å². The summed E-state index contributed by atoms with van der Waals surface area (Å²) in [7, 11) is 1.72. The van der Waals surface area contributed by atoms with Crippen molar-refractivity contribution in [2.24, 2.45) is 0 Å². The molecule has 1 atom stereocenters. The third-order valence-electron chi connectivity index (χ3n) is 5.75. The van der Waals surface area contributed by atoms with Crippen LogP contribution >= 0.6 is 11.6 Å². The summed E-state index contributed by atoms with van der Waals surface area (Å²) in [6.45, 7) is 5.36. The maximum Gasteiger partial charge on any atom is 0.273 e. The minimum atomic E-state index is -0.275. The van der Waals surface area contributed by atoms with Crippen molar-refractivity contribution >= 4 is 29.1 Å². The first kappa shape index (κ1) is 21.5. The van der Waals surface area contributed by atoms with Crippen molar-refractivity contribution in [3.05, 3.63) is 59.2 Å². The zero-order valence-electron chi connectivity index (χ0n) is 17.6. The Morgan fingerprint density at radius 2 is 2.06 bits per heavy atom. The lowest BCUT2D eigenvalue weighted by Crippen LogP contribution is -2.51. The minimum Gasteiger partial charge on any atom is -0.379 e. The van der Waals surface area contributed by atoms with E-state index in [0.717, 1.165) is 19.6 Å². The van der Waals surface area contributed by atoms with Gasteiger partial charge in [-0.15, -0.1) is 0 Å². The number of para-hydroxylation sites is 1. The number of methoxy groups -OCH3 is 1. The van der Waals surface area contributed by atoms with Crippen LogP contribution in [0.1, 0.15) is 23.2 Å². The van der Waals surface area contributed by atoms with E-state index in [2.05, 4.69) is 15.2 Å². The number of rotatable bonds is 6. The van der Waals surface area contributed by atoms with Gasteiger partial charge in [0.25, 0.3) is 5.91 Å². The summed E-state index contributed by atoms with van der Waals surface area (Å²) in [5, 5.41) is 3.31. The first-order valence-electron chi connectivity index (χ1n) is 10.3. The third-order valence-corrected chi connectivity index (χ3v) is 6.08. The molecule has 1 saturated heterocycles. The molecule has 1 aromatic heterocycles. The van der Waals surface area contributed by atoms with Crippen LogP contribution in [0.2, 0.25) is 5.02 Å². The average molecular weight is 444 g/mol. The molecule has 1 aromatic carbocycles. The van der Waals surface area contributed by atoms with Crippen LogP contribution < -0.4 is 5.32 Å². The molecule has 2 aromatic rings. The van der Waals surface area contributed by atoms with Gasteiger partial charge in [-0.3, -0.25) is 14.5 Å². The fourth-order valence-electron chi connectivity index (χ4n) is 3.86. The zero-order chi connectivity index (χ0) is 22.0. The molecule has 2 aliphatic rings. The van der Waals surface area contributed by atoms with Gasteiger partial charge in [0, 0.05) is 45.4 Å². The van der Waals surface area contributed by atoms with Crippen molar-refractivity contribution in [1.82, 2.24) is 19.4 Å². The molecular formula is C22H26ClN5O3. The SMILES string of the molecule is COC1CN(C/C=C/C(=O)N2Cc3ncc(C(=O)Nc4ccccc4Cl)n3CC2C)C1. The highest BCUT2D eigenvalue weighted by molar-refractivity contribution is 6.33. The van der Waals surface area contributed by atoms with E-state index in [4.69, 9.17) is 16.3 Å². The first-order valence-corrected chi connectivity index (χ1v) is 10.7. The molecule has 31 heavy (non-hydrogen) atoms. The highest BCUT2D eigenvalue weighted by atomic mass is 35.5. The minimum absolute atomic E-state index is 0.0485. The number of anilines is 1. The molecule has 0 radical (unpaired) electrons. The molecule has 0 saturated carbocycles. The maximum atomic E-state index is 12.8. The number of ether oxygens (including phenoxy) is 1. The number of aromatic nitrogens is 2. The van der Waals surface area contributed by atoms with Gasteiger partial charge in [0.1, 0.15) is 11.5 Å². The summed E-state index contributed by atoms with van der Waals surface area (Å²) in [4.78, 5) is 33.9. The number of halogens is 1. The number of nitrogens with zero attached hydrogens (tertiary/aromatic N) is 4. The number of imidazole rings is 1. The summed E-state index contributed by atoms with van der Waals surface area (Å²) in [6, 6.07) is 7.02. The topological polar surface area (TPSA) is 79.7 Å². The number of benzene rings is 1. The molecule has 1 unspecified atom stereocenters. The number of carbonyl (C=O) groups excluding carboxylic acids is 2. The standard InChI is InChI=1S/C22H26ClN5O3/c1-15-11-28-19(22(30)25-18-7-4-3-6-17(18)23)10-24-20(28)14-27(15)21(29)8-5-9-26-12-16(13-26)31-2/h3-8,10,15-16H,9,11-14H2,1-2H3,(H,25,30)/b8-5+. The second kappa shape index (κ2) is 9.21. The van der Waals surface area contributed by atoms with Crippen LogP contribution in [-0.4, -0.2) is 70.1 Å². The Kier molecular flexibility index (Phi) is 6.41. The van der Waals surface area contributed by atoms with Gasteiger partial charge in [0.05, 0.1) is 29.6 Å². The molecule has 4 rings (SSSR count). The summed E-state index contributed by atoms with van der Waals surface area (Å²) in [5.74, 6) is 0.366. The van der Waals surface area contributed by atoms with Gasteiger partial charge >= 0.3 is 0 Å². The highest BCUT2D eigenvalue weighted by Crippen LogP contribution is 2.23. The van der Waals surface area contributed by atoms with Gasteiger partial charge in [-0.05, 0) is 19.1 Å². The molecule has 2 amide bonds. The summed E-state index contributed by atoms with van der Waals surface area (Å²) in [6.07, 6.45) is 5.37. The Labute approximate surface area is 186 Å². The normalized spacial score (nSPS) is 19.3. The van der Waals surface area contributed by atoms with Crippen LogP contribution in [0.15, 0.2) is 42.6 Å². The lowest BCUT2D eigenvalue weighted by Gasteiger charge is -2.37. The second-order valence-corrected chi connectivity index (χ2v) is 8.31. The van der Waals surface area contributed by atoms with E-state index in [1.54, 1.807) is 42.5 Å². The highest BCUT2D eigenvalue weighted by Gasteiger charge is 2.30. The van der Waals surface area contributed by atoms with Crippen molar-refractivity contribution in [3.63, 3.8) is 0 Å². The molecule has 8 nitrogen and oxygen atoms in total. The van der Waals surface area contributed by atoms with Gasteiger partial charge in [-0.2, -0.15) is 0 Å². The molecule has 0 bridgehead atoms. The Morgan fingerprint density at radius 3 is 2.81 bits per heavy atom. The van der Waals surface area contributed by atoms with Gasteiger partial charge in [-0.1, -0.05) is 29.8 Å². The van der Waals surface area contributed by atoms with Crippen LogP contribution in [0.3, 0.4) is 0 Å². The quantitative estimate of drug-likeness (QED) is 0.693. The van der Waals surface area contributed by atoms with E-state index in [1.807, 2.05) is 23.6 Å². The van der Waals surface area contributed by atoms with E-state index < -0.39 is 0 Å². The molecule has 164 valence electrons. The fourth-order valence-corrected chi connectivity index (χ4v) is 4.04. The monoisotopic (exact) mass is 443 g/mol. The number of hydrogen-bond acceptors (Lipinski definition) is 5. The van der Waals surface area contributed by atoms with Crippen LogP contribution in [0.25, 0.3) is 0 Å². The summed E-state index contributed by atoms with van der Waals surface area (Å²) in [5.41, 5.74) is 1.00. The average Bonchev–Trinajstić information content (AvgIpc) is 3.13. The number of fused-ring (bicyclic) bond motifs is 1. The number of carbonyl (C=O) groups is 2. The first-order chi connectivity index (χ1) is 15.0. The van der Waals surface area contributed by atoms with E-state index >= 15 is 0 Å². The fraction of sp³-hybridized carbons (Fsp3) is 0.409. The number of amides is 2. The smallest absolute Gasteiger partial charge is 0.273 e. The van der Waals surface area contributed by atoms with Crippen molar-refractivity contribution in [3.8, 4) is 0 Å². The molecular weight excluding hydrogens is 418 g/mol. The molecule has 0 spiro atoms. The van der Waals surface area contributed by atoms with E-state index in [-0.39, 0.29) is 17.9 Å². The lowest BCUT2D eigenvalue weighted by atomic mass is 10.1. The Morgan fingerprint density at radius 1 is 1.29 bits per heavy atom. The Balaban J connectivity index is 1.38. The number of likely N-dealkylation sites (tertiary alicyclic amines) is 1. The van der Waals surface area contributed by atoms with E-state index in [9.17, 15) is 9.59 Å². The zero-order valence-corrected chi connectivity index (χ0v) is 18.4. The molecule has 0 aliphatic carbocycles. The number of hydrogen-bond donors (Lipinski definition) is 1. The van der Waals surface area contributed by atoms with Crippen LogP contribution in [-0.2, 0) is 22.6 Å². The van der Waals surface area contributed by atoms with Crippen LogP contribution in [0.4, 0.5) is 5.69 Å². The van der Waals surface area contributed by atoms with Crippen LogP contribution in [0.5, 0.6) is 0 Å². The molecule has 2 aliphatic heterocycles. The third kappa shape index (κ3) is 4.66.